The Morgan fingerprint density at radius 2 is 2.00 bits per heavy atom. The van der Waals surface area contributed by atoms with Crippen molar-refractivity contribution in [2.45, 2.75) is 64.5 Å². The molecule has 0 bridgehead atoms. The van der Waals surface area contributed by atoms with E-state index < -0.39 is 5.60 Å². The van der Waals surface area contributed by atoms with Crippen molar-refractivity contribution < 1.29 is 9.53 Å². The van der Waals surface area contributed by atoms with E-state index in [2.05, 4.69) is 18.2 Å². The van der Waals surface area contributed by atoms with Crippen LogP contribution in [0.15, 0.2) is 18.2 Å². The van der Waals surface area contributed by atoms with E-state index in [9.17, 15) is 4.79 Å². The molecule has 2 aliphatic rings. The molecular weight excluding hydrogens is 262 g/mol. The summed E-state index contributed by atoms with van der Waals surface area (Å²) in [5.74, 6) is 0.623. The van der Waals surface area contributed by atoms with Crippen LogP contribution in [0.1, 0.15) is 62.6 Å². The smallest absolute Gasteiger partial charge is 0.410 e. The second-order valence-corrected chi connectivity index (χ2v) is 7.27. The highest BCUT2D eigenvalue weighted by Gasteiger charge is 2.30. The Balaban J connectivity index is 1.85. The molecule has 3 heteroatoms. The Morgan fingerprint density at radius 1 is 1.24 bits per heavy atom. The van der Waals surface area contributed by atoms with E-state index in [1.165, 1.54) is 36.0 Å². The van der Waals surface area contributed by atoms with Crippen LogP contribution in [0.2, 0.25) is 0 Å². The zero-order valence-electron chi connectivity index (χ0n) is 13.3. The molecule has 1 aromatic rings. The van der Waals surface area contributed by atoms with E-state index >= 15 is 0 Å². The number of ether oxygens (including phenoxy) is 1. The zero-order valence-corrected chi connectivity index (χ0v) is 13.3. The van der Waals surface area contributed by atoms with Gasteiger partial charge >= 0.3 is 6.09 Å². The van der Waals surface area contributed by atoms with Crippen molar-refractivity contribution >= 4 is 6.09 Å². The Labute approximate surface area is 127 Å². The molecule has 3 rings (SSSR count). The van der Waals surface area contributed by atoms with Crippen molar-refractivity contribution in [1.82, 2.24) is 4.90 Å². The van der Waals surface area contributed by atoms with E-state index in [0.717, 1.165) is 13.0 Å². The van der Waals surface area contributed by atoms with E-state index in [1.54, 1.807) is 0 Å². The van der Waals surface area contributed by atoms with E-state index in [0.29, 0.717) is 12.5 Å². The summed E-state index contributed by atoms with van der Waals surface area (Å²) in [6.07, 6.45) is 4.59. The summed E-state index contributed by atoms with van der Waals surface area (Å²) >= 11 is 0. The predicted molar refractivity (Wildman–Crippen MR) is 83.4 cm³/mol. The van der Waals surface area contributed by atoms with Crippen LogP contribution in [0.3, 0.4) is 0 Å². The van der Waals surface area contributed by atoms with Crippen LogP contribution in [-0.4, -0.2) is 23.1 Å². The first-order valence-electron chi connectivity index (χ1n) is 8.02. The van der Waals surface area contributed by atoms with Crippen LogP contribution in [0.5, 0.6) is 0 Å². The van der Waals surface area contributed by atoms with Gasteiger partial charge in [0.1, 0.15) is 5.60 Å². The van der Waals surface area contributed by atoms with Crippen molar-refractivity contribution in [3.8, 4) is 0 Å². The lowest BCUT2D eigenvalue weighted by atomic mass is 9.79. The summed E-state index contributed by atoms with van der Waals surface area (Å²) < 4.78 is 5.55. The minimum Gasteiger partial charge on any atom is -0.444 e. The van der Waals surface area contributed by atoms with Gasteiger partial charge in [0.25, 0.3) is 0 Å². The number of benzene rings is 1. The molecule has 1 atom stereocenters. The quantitative estimate of drug-likeness (QED) is 0.714. The molecule has 1 aromatic carbocycles. The summed E-state index contributed by atoms with van der Waals surface area (Å²) in [5, 5.41) is 0. The molecule has 3 nitrogen and oxygen atoms in total. The average molecular weight is 287 g/mol. The number of carbonyl (C=O) groups excluding carboxylic acids is 1. The van der Waals surface area contributed by atoms with Crippen molar-refractivity contribution in [2.24, 2.45) is 0 Å². The summed E-state index contributed by atoms with van der Waals surface area (Å²) in [7, 11) is 0. The molecule has 1 aliphatic carbocycles. The third-order valence-electron chi connectivity index (χ3n) is 4.45. The Morgan fingerprint density at radius 3 is 2.76 bits per heavy atom. The highest BCUT2D eigenvalue weighted by atomic mass is 16.6. The highest BCUT2D eigenvalue weighted by Crippen LogP contribution is 2.39. The fraction of sp³-hybridized carbons (Fsp3) is 0.611. The molecular formula is C18H25NO2. The van der Waals surface area contributed by atoms with Gasteiger partial charge in [-0.05, 0) is 69.1 Å². The predicted octanol–water partition coefficient (Wildman–Crippen LogP) is 4.25. The molecule has 0 N–H and O–H groups in total. The second-order valence-electron chi connectivity index (χ2n) is 7.27. The van der Waals surface area contributed by atoms with Crippen molar-refractivity contribution in [2.75, 3.05) is 6.54 Å². The fourth-order valence-corrected chi connectivity index (χ4v) is 3.60. The number of nitrogens with zero attached hydrogens (tertiary/aromatic N) is 1. The van der Waals surface area contributed by atoms with Gasteiger partial charge in [-0.15, -0.1) is 0 Å². The lowest BCUT2D eigenvalue weighted by Crippen LogP contribution is -2.36. The van der Waals surface area contributed by atoms with Gasteiger partial charge < -0.3 is 9.64 Å². The van der Waals surface area contributed by atoms with Gasteiger partial charge in [0.2, 0.25) is 0 Å². The summed E-state index contributed by atoms with van der Waals surface area (Å²) in [6.45, 7) is 7.26. The highest BCUT2D eigenvalue weighted by molar-refractivity contribution is 5.68. The third-order valence-corrected chi connectivity index (χ3v) is 4.45. The minimum absolute atomic E-state index is 0.182. The maximum atomic E-state index is 12.4. The lowest BCUT2D eigenvalue weighted by Gasteiger charge is -2.26. The summed E-state index contributed by atoms with van der Waals surface area (Å²) in [6, 6.07) is 6.57. The van der Waals surface area contributed by atoms with Crippen LogP contribution in [-0.2, 0) is 17.7 Å². The van der Waals surface area contributed by atoms with Crippen molar-refractivity contribution in [3.05, 3.63) is 34.9 Å². The fourth-order valence-electron chi connectivity index (χ4n) is 3.60. The lowest BCUT2D eigenvalue weighted by molar-refractivity contribution is 0.0234. The van der Waals surface area contributed by atoms with E-state index in [4.69, 9.17) is 4.74 Å². The number of aryl methyl sites for hydroxylation is 1. The standard InChI is InChI=1S/C18H25NO2/c1-18(2,3)21-17(20)19-11-10-14-8-4-6-13-7-5-9-15(12-19)16(13)14/h5,7,9,14H,4,6,8,10-12H2,1-3H3. The molecule has 0 aromatic heterocycles. The van der Waals surface area contributed by atoms with Gasteiger partial charge in [0.05, 0.1) is 0 Å². The van der Waals surface area contributed by atoms with Crippen LogP contribution < -0.4 is 0 Å². The maximum absolute atomic E-state index is 12.4. The molecule has 1 heterocycles. The normalized spacial score (nSPS) is 21.5. The van der Waals surface area contributed by atoms with Gasteiger partial charge in [0, 0.05) is 13.1 Å². The molecule has 0 saturated carbocycles. The first kappa shape index (κ1) is 14.4. The molecule has 1 amide bonds. The van der Waals surface area contributed by atoms with Gasteiger partial charge in [-0.25, -0.2) is 4.79 Å². The average Bonchev–Trinajstić information content (AvgIpc) is 2.59. The monoisotopic (exact) mass is 287 g/mol. The zero-order chi connectivity index (χ0) is 15.0. The first-order valence-corrected chi connectivity index (χ1v) is 8.02. The molecule has 0 radical (unpaired) electrons. The summed E-state index contributed by atoms with van der Waals surface area (Å²) in [4.78, 5) is 14.2. The minimum atomic E-state index is -0.429. The van der Waals surface area contributed by atoms with Crippen LogP contribution >= 0.6 is 0 Å². The first-order chi connectivity index (χ1) is 9.94. The van der Waals surface area contributed by atoms with Crippen molar-refractivity contribution in [3.63, 3.8) is 0 Å². The SMILES string of the molecule is CC(C)(C)OC(=O)N1CCC2CCCc3cccc(c32)C1. The van der Waals surface area contributed by atoms with Gasteiger partial charge in [-0.2, -0.15) is 0 Å². The molecule has 0 saturated heterocycles. The Kier molecular flexibility index (Phi) is 3.68. The topological polar surface area (TPSA) is 29.5 Å². The molecule has 21 heavy (non-hydrogen) atoms. The molecule has 1 aliphatic heterocycles. The third kappa shape index (κ3) is 3.07. The Bertz CT molecular complexity index is 545. The largest absolute Gasteiger partial charge is 0.444 e. The van der Waals surface area contributed by atoms with Crippen LogP contribution in [0.4, 0.5) is 4.79 Å². The van der Waals surface area contributed by atoms with Gasteiger partial charge in [-0.3, -0.25) is 0 Å². The van der Waals surface area contributed by atoms with Gasteiger partial charge in [-0.1, -0.05) is 18.2 Å². The number of carbonyl (C=O) groups is 1. The van der Waals surface area contributed by atoms with E-state index in [-0.39, 0.29) is 6.09 Å². The van der Waals surface area contributed by atoms with Crippen LogP contribution in [0.25, 0.3) is 0 Å². The van der Waals surface area contributed by atoms with Crippen molar-refractivity contribution in [1.29, 1.82) is 0 Å². The maximum Gasteiger partial charge on any atom is 0.410 e. The number of amides is 1. The molecule has 0 fully saturated rings. The molecule has 114 valence electrons. The molecule has 0 spiro atoms. The Hall–Kier alpha value is -1.51. The number of hydrogen-bond donors (Lipinski definition) is 0. The number of hydrogen-bond acceptors (Lipinski definition) is 2. The second kappa shape index (κ2) is 5.36. The number of rotatable bonds is 0. The van der Waals surface area contributed by atoms with Gasteiger partial charge in [0.15, 0.2) is 0 Å². The van der Waals surface area contributed by atoms with E-state index in [1.807, 2.05) is 25.7 Å². The van der Waals surface area contributed by atoms with Crippen LogP contribution in [0, 0.1) is 0 Å². The summed E-state index contributed by atoms with van der Waals surface area (Å²) in [5.41, 5.74) is 3.91. The molecule has 1 unspecified atom stereocenters.